The maximum atomic E-state index is 13.0. The summed E-state index contributed by atoms with van der Waals surface area (Å²) in [7, 11) is 0.544. The predicted molar refractivity (Wildman–Crippen MR) is 52.7 cm³/mol. The SMILES string of the molecule is CO[Si](OC)(OC)c1cc(F)c(F)c(F)c1. The van der Waals surface area contributed by atoms with Crippen LogP contribution in [0.15, 0.2) is 12.1 Å². The Balaban J connectivity index is 3.31. The molecule has 0 atom stereocenters. The van der Waals surface area contributed by atoms with E-state index in [2.05, 4.69) is 0 Å². The summed E-state index contributed by atoms with van der Waals surface area (Å²) in [6.07, 6.45) is 0. The van der Waals surface area contributed by atoms with E-state index in [1.165, 1.54) is 21.3 Å². The molecule has 90 valence electrons. The Hall–Kier alpha value is -0.893. The van der Waals surface area contributed by atoms with Crippen molar-refractivity contribution in [2.24, 2.45) is 0 Å². The van der Waals surface area contributed by atoms with Gasteiger partial charge in [-0.25, -0.2) is 13.2 Å². The zero-order chi connectivity index (χ0) is 12.3. The van der Waals surface area contributed by atoms with Crippen LogP contribution in [0.5, 0.6) is 0 Å². The van der Waals surface area contributed by atoms with Crippen LogP contribution in [0.1, 0.15) is 0 Å². The molecule has 0 aromatic heterocycles. The van der Waals surface area contributed by atoms with Crippen molar-refractivity contribution in [3.05, 3.63) is 29.6 Å². The van der Waals surface area contributed by atoms with Gasteiger partial charge >= 0.3 is 8.80 Å². The number of hydrogen-bond donors (Lipinski definition) is 0. The van der Waals surface area contributed by atoms with Crippen molar-refractivity contribution in [1.29, 1.82) is 0 Å². The van der Waals surface area contributed by atoms with Crippen LogP contribution in [0.2, 0.25) is 0 Å². The molecule has 0 spiro atoms. The Morgan fingerprint density at radius 3 is 1.56 bits per heavy atom. The summed E-state index contributed by atoms with van der Waals surface area (Å²) in [5.74, 6) is -4.15. The average Bonchev–Trinajstić information content (AvgIpc) is 2.29. The summed E-state index contributed by atoms with van der Waals surface area (Å²) in [6.45, 7) is 0. The predicted octanol–water partition coefficient (Wildman–Crippen LogP) is 1.19. The van der Waals surface area contributed by atoms with Gasteiger partial charge in [-0.15, -0.1) is 0 Å². The average molecular weight is 252 g/mol. The molecule has 0 N–H and O–H groups in total. The minimum atomic E-state index is -3.33. The second-order valence-corrected chi connectivity index (χ2v) is 5.84. The molecule has 1 rings (SSSR count). The highest BCUT2D eigenvalue weighted by molar-refractivity contribution is 6.75. The van der Waals surface area contributed by atoms with Crippen molar-refractivity contribution in [2.45, 2.75) is 0 Å². The molecule has 0 aliphatic rings. The normalized spacial score (nSPS) is 11.9. The van der Waals surface area contributed by atoms with Gasteiger partial charge in [0.15, 0.2) is 17.5 Å². The second-order valence-electron chi connectivity index (χ2n) is 2.92. The zero-order valence-electron chi connectivity index (χ0n) is 9.01. The second kappa shape index (κ2) is 4.96. The van der Waals surface area contributed by atoms with E-state index in [0.29, 0.717) is 0 Å². The van der Waals surface area contributed by atoms with E-state index in [4.69, 9.17) is 13.3 Å². The highest BCUT2D eigenvalue weighted by Crippen LogP contribution is 2.13. The van der Waals surface area contributed by atoms with E-state index < -0.39 is 26.3 Å². The Labute approximate surface area is 92.1 Å². The van der Waals surface area contributed by atoms with Gasteiger partial charge in [0.25, 0.3) is 0 Å². The molecule has 0 fully saturated rings. The third-order valence-corrected chi connectivity index (χ3v) is 4.75. The van der Waals surface area contributed by atoms with E-state index in [9.17, 15) is 13.2 Å². The Morgan fingerprint density at radius 1 is 0.875 bits per heavy atom. The van der Waals surface area contributed by atoms with Gasteiger partial charge in [-0.05, 0) is 12.1 Å². The summed E-state index contributed by atoms with van der Waals surface area (Å²) >= 11 is 0. The van der Waals surface area contributed by atoms with E-state index in [0.717, 1.165) is 12.1 Å². The van der Waals surface area contributed by atoms with Crippen molar-refractivity contribution in [1.82, 2.24) is 0 Å². The molecule has 1 aromatic rings. The third kappa shape index (κ3) is 2.12. The quantitative estimate of drug-likeness (QED) is 0.595. The van der Waals surface area contributed by atoms with E-state index in [-0.39, 0.29) is 5.19 Å². The third-order valence-electron chi connectivity index (χ3n) is 2.14. The molecule has 3 nitrogen and oxygen atoms in total. The highest BCUT2D eigenvalue weighted by Gasteiger charge is 2.42. The van der Waals surface area contributed by atoms with Gasteiger partial charge in [-0.1, -0.05) is 0 Å². The lowest BCUT2D eigenvalue weighted by Gasteiger charge is -2.24. The molecule has 0 heterocycles. The summed E-state index contributed by atoms with van der Waals surface area (Å²) in [5.41, 5.74) is 0. The van der Waals surface area contributed by atoms with Crippen LogP contribution in [0.25, 0.3) is 0 Å². The molecule has 0 aliphatic heterocycles. The lowest BCUT2D eigenvalue weighted by atomic mass is 10.3. The molecule has 0 amide bonds. The van der Waals surface area contributed by atoms with Crippen molar-refractivity contribution in [3.8, 4) is 0 Å². The molecule has 0 aliphatic carbocycles. The van der Waals surface area contributed by atoms with Crippen LogP contribution in [0.4, 0.5) is 13.2 Å². The summed E-state index contributed by atoms with van der Waals surface area (Å²) in [6, 6.07) is 1.61. The van der Waals surface area contributed by atoms with Gasteiger partial charge in [0.2, 0.25) is 0 Å². The van der Waals surface area contributed by atoms with Gasteiger partial charge in [-0.2, -0.15) is 0 Å². The fourth-order valence-electron chi connectivity index (χ4n) is 1.34. The molecule has 7 heteroatoms. The Kier molecular flexibility index (Phi) is 4.08. The molecule has 16 heavy (non-hydrogen) atoms. The van der Waals surface area contributed by atoms with Crippen molar-refractivity contribution < 1.29 is 26.4 Å². The monoisotopic (exact) mass is 252 g/mol. The first-order chi connectivity index (χ1) is 7.50. The fraction of sp³-hybridized carbons (Fsp3) is 0.333. The molecular weight excluding hydrogens is 241 g/mol. The largest absolute Gasteiger partial charge is 0.536 e. The summed E-state index contributed by atoms with van der Waals surface area (Å²) < 4.78 is 53.8. The lowest BCUT2D eigenvalue weighted by Crippen LogP contribution is -2.55. The first-order valence-electron chi connectivity index (χ1n) is 4.31. The van der Waals surface area contributed by atoms with Crippen LogP contribution in [0.3, 0.4) is 0 Å². The topological polar surface area (TPSA) is 27.7 Å². The van der Waals surface area contributed by atoms with E-state index in [1.54, 1.807) is 0 Å². The number of hydrogen-bond acceptors (Lipinski definition) is 3. The van der Waals surface area contributed by atoms with Gasteiger partial charge in [-0.3, -0.25) is 0 Å². The maximum Gasteiger partial charge on any atom is 0.536 e. The fourth-order valence-corrected chi connectivity index (χ4v) is 3.15. The lowest BCUT2D eigenvalue weighted by molar-refractivity contribution is 0.140. The molecule has 0 radical (unpaired) electrons. The van der Waals surface area contributed by atoms with Crippen molar-refractivity contribution in [3.63, 3.8) is 0 Å². The zero-order valence-corrected chi connectivity index (χ0v) is 10.0. The summed E-state index contributed by atoms with van der Waals surface area (Å²) in [4.78, 5) is 0. The van der Waals surface area contributed by atoms with Crippen LogP contribution in [-0.2, 0) is 13.3 Å². The molecule has 1 aromatic carbocycles. The van der Waals surface area contributed by atoms with Crippen LogP contribution < -0.4 is 5.19 Å². The minimum absolute atomic E-state index is 0.0244. The molecule has 0 saturated heterocycles. The molecular formula is C9H11F3O3Si. The molecule has 0 saturated carbocycles. The first-order valence-corrected chi connectivity index (χ1v) is 6.03. The first kappa shape index (κ1) is 13.2. The van der Waals surface area contributed by atoms with Gasteiger partial charge in [0.05, 0.1) is 0 Å². The Morgan fingerprint density at radius 2 is 1.25 bits per heavy atom. The van der Waals surface area contributed by atoms with Gasteiger partial charge in [0, 0.05) is 26.5 Å². The van der Waals surface area contributed by atoms with Crippen LogP contribution >= 0.6 is 0 Å². The molecule has 0 bridgehead atoms. The molecule has 0 unspecified atom stereocenters. The van der Waals surface area contributed by atoms with Crippen LogP contribution in [-0.4, -0.2) is 30.1 Å². The maximum absolute atomic E-state index is 13.0. The number of rotatable bonds is 4. The number of benzene rings is 1. The van der Waals surface area contributed by atoms with Crippen molar-refractivity contribution >= 4 is 14.0 Å². The smallest absolute Gasteiger partial charge is 0.373 e. The van der Waals surface area contributed by atoms with Crippen molar-refractivity contribution in [2.75, 3.05) is 21.3 Å². The standard InChI is InChI=1S/C9H11F3O3Si/c1-13-16(14-2,15-3)6-4-7(10)9(12)8(11)5-6/h4-5H,1-3H3. The Bertz CT molecular complexity index is 351. The number of halogens is 3. The van der Waals surface area contributed by atoms with Gasteiger partial charge in [0.1, 0.15) is 0 Å². The van der Waals surface area contributed by atoms with E-state index >= 15 is 0 Å². The summed E-state index contributed by atoms with van der Waals surface area (Å²) in [5, 5.41) is 0.0244. The van der Waals surface area contributed by atoms with Crippen LogP contribution in [0, 0.1) is 17.5 Å². The van der Waals surface area contributed by atoms with E-state index in [1.807, 2.05) is 0 Å². The van der Waals surface area contributed by atoms with Gasteiger partial charge < -0.3 is 13.3 Å². The minimum Gasteiger partial charge on any atom is -0.373 e. The highest BCUT2D eigenvalue weighted by atomic mass is 28.4.